The van der Waals surface area contributed by atoms with E-state index in [1.54, 1.807) is 0 Å². The number of benzene rings is 1. The lowest BCUT2D eigenvalue weighted by Gasteiger charge is -2.25. The number of aliphatic hydroxyl groups excluding tert-OH is 1. The minimum atomic E-state index is -0.632. The first-order chi connectivity index (χ1) is 8.98. The van der Waals surface area contributed by atoms with Gasteiger partial charge in [0.15, 0.2) is 5.79 Å². The Hall–Kier alpha value is -0.940. The van der Waals surface area contributed by atoms with Crippen molar-refractivity contribution in [2.75, 3.05) is 13.2 Å². The fraction of sp³-hybridized carbons (Fsp3) is 0.600. The first kappa shape index (κ1) is 14.5. The van der Waals surface area contributed by atoms with E-state index in [2.05, 4.69) is 24.4 Å². The van der Waals surface area contributed by atoms with E-state index in [1.807, 2.05) is 32.0 Å². The van der Waals surface area contributed by atoms with Gasteiger partial charge in [-0.15, -0.1) is 0 Å². The van der Waals surface area contributed by atoms with Crippen LogP contribution in [0.2, 0.25) is 0 Å². The number of aliphatic hydroxyl groups is 1. The maximum Gasteiger partial charge on any atom is 0.162 e. The Bertz CT molecular complexity index is 394. The number of rotatable bonds is 3. The van der Waals surface area contributed by atoms with Gasteiger partial charge in [0.05, 0.1) is 25.4 Å². The minimum Gasteiger partial charge on any atom is -0.389 e. The summed E-state index contributed by atoms with van der Waals surface area (Å²) in [5.41, 5.74) is 1.19. The third-order valence-electron chi connectivity index (χ3n) is 3.44. The second kappa shape index (κ2) is 6.01. The normalized spacial score (nSPS) is 28.6. The average Bonchev–Trinajstić information content (AvgIpc) is 2.53. The molecule has 106 valence electrons. The smallest absolute Gasteiger partial charge is 0.162 e. The lowest BCUT2D eigenvalue weighted by Crippen LogP contribution is -2.45. The fourth-order valence-electron chi connectivity index (χ4n) is 2.16. The van der Waals surface area contributed by atoms with Crippen LogP contribution in [-0.2, 0) is 9.47 Å². The van der Waals surface area contributed by atoms with E-state index in [4.69, 9.17) is 9.47 Å². The summed E-state index contributed by atoms with van der Waals surface area (Å²) in [7, 11) is 0. The summed E-state index contributed by atoms with van der Waals surface area (Å²) in [6.07, 6.45) is -0.562. The molecule has 4 heteroatoms. The molecule has 0 radical (unpaired) electrons. The summed E-state index contributed by atoms with van der Waals surface area (Å²) in [5.74, 6) is -0.632. The van der Waals surface area contributed by atoms with Crippen molar-refractivity contribution in [3.63, 3.8) is 0 Å². The van der Waals surface area contributed by atoms with Gasteiger partial charge in [-0.05, 0) is 26.3 Å². The van der Waals surface area contributed by atoms with Crippen molar-refractivity contribution in [2.24, 2.45) is 0 Å². The second-order valence-corrected chi connectivity index (χ2v) is 5.49. The van der Waals surface area contributed by atoms with Gasteiger partial charge in [0.1, 0.15) is 0 Å². The van der Waals surface area contributed by atoms with Crippen LogP contribution in [-0.4, -0.2) is 36.3 Å². The lowest BCUT2D eigenvalue weighted by molar-refractivity contribution is -0.203. The number of hydrogen-bond acceptors (Lipinski definition) is 4. The van der Waals surface area contributed by atoms with E-state index in [9.17, 15) is 5.11 Å². The first-order valence-electron chi connectivity index (χ1n) is 6.75. The van der Waals surface area contributed by atoms with Crippen LogP contribution in [0.1, 0.15) is 32.4 Å². The van der Waals surface area contributed by atoms with Crippen LogP contribution in [0.3, 0.4) is 0 Å². The second-order valence-electron chi connectivity index (χ2n) is 5.49. The fourth-order valence-corrected chi connectivity index (χ4v) is 2.16. The first-order valence-corrected chi connectivity index (χ1v) is 6.75. The molecule has 1 aliphatic heterocycles. The van der Waals surface area contributed by atoms with Gasteiger partial charge in [0.2, 0.25) is 0 Å². The van der Waals surface area contributed by atoms with Crippen molar-refractivity contribution in [3.05, 3.63) is 35.9 Å². The number of hydrogen-bond donors (Lipinski definition) is 2. The van der Waals surface area contributed by atoms with Crippen LogP contribution >= 0.6 is 0 Å². The van der Waals surface area contributed by atoms with Gasteiger partial charge in [0, 0.05) is 6.04 Å². The summed E-state index contributed by atoms with van der Waals surface area (Å²) < 4.78 is 11.2. The molecule has 4 nitrogen and oxygen atoms in total. The molecule has 19 heavy (non-hydrogen) atoms. The molecule has 0 saturated carbocycles. The Labute approximate surface area is 114 Å². The Kier molecular flexibility index (Phi) is 4.58. The Morgan fingerprint density at radius 1 is 1.21 bits per heavy atom. The van der Waals surface area contributed by atoms with Crippen molar-refractivity contribution < 1.29 is 14.6 Å². The monoisotopic (exact) mass is 265 g/mol. The molecule has 1 heterocycles. The Morgan fingerprint density at radius 3 is 2.53 bits per heavy atom. The largest absolute Gasteiger partial charge is 0.389 e. The summed E-state index contributed by atoms with van der Waals surface area (Å²) in [6.45, 7) is 6.53. The van der Waals surface area contributed by atoms with Crippen molar-refractivity contribution >= 4 is 0 Å². The molecular weight excluding hydrogens is 242 g/mol. The van der Waals surface area contributed by atoms with Gasteiger partial charge in [-0.2, -0.15) is 0 Å². The highest BCUT2D eigenvalue weighted by atomic mass is 16.7. The van der Waals surface area contributed by atoms with Crippen molar-refractivity contribution in [1.29, 1.82) is 0 Å². The van der Waals surface area contributed by atoms with Crippen LogP contribution in [0.4, 0.5) is 0 Å². The Balaban J connectivity index is 1.98. The van der Waals surface area contributed by atoms with Gasteiger partial charge < -0.3 is 19.9 Å². The van der Waals surface area contributed by atoms with E-state index >= 15 is 0 Å². The van der Waals surface area contributed by atoms with Gasteiger partial charge in [-0.1, -0.05) is 30.3 Å². The topological polar surface area (TPSA) is 50.7 Å². The van der Waals surface area contributed by atoms with Crippen LogP contribution in [0.5, 0.6) is 0 Å². The van der Waals surface area contributed by atoms with Gasteiger partial charge >= 0.3 is 0 Å². The summed E-state index contributed by atoms with van der Waals surface area (Å²) in [5, 5.41) is 13.5. The zero-order valence-corrected chi connectivity index (χ0v) is 11.8. The highest BCUT2D eigenvalue weighted by Crippen LogP contribution is 2.20. The molecule has 0 aromatic heterocycles. The molecule has 0 amide bonds. The van der Waals surface area contributed by atoms with E-state index in [1.165, 1.54) is 5.56 Å². The molecule has 0 unspecified atom stereocenters. The van der Waals surface area contributed by atoms with Crippen molar-refractivity contribution in [1.82, 2.24) is 5.32 Å². The molecule has 2 N–H and O–H groups in total. The van der Waals surface area contributed by atoms with E-state index < -0.39 is 11.9 Å². The predicted octanol–water partition coefficient (Wildman–Crippen LogP) is 1.85. The third-order valence-corrected chi connectivity index (χ3v) is 3.44. The highest BCUT2D eigenvalue weighted by molar-refractivity contribution is 5.18. The van der Waals surface area contributed by atoms with Crippen LogP contribution < -0.4 is 5.32 Å². The molecule has 1 saturated heterocycles. The molecule has 0 spiro atoms. The average molecular weight is 265 g/mol. The standard InChI is InChI=1S/C15H23NO3/c1-11(12-7-5-4-6-8-12)16-13-9-18-15(2,3)19-10-14(13)17/h4-8,11,13-14,16-17H,9-10H2,1-3H3/t11-,13+,14+/m1/s1. The van der Waals surface area contributed by atoms with Gasteiger partial charge in [-0.25, -0.2) is 0 Å². The van der Waals surface area contributed by atoms with Crippen LogP contribution in [0, 0.1) is 0 Å². The number of ether oxygens (including phenoxy) is 2. The van der Waals surface area contributed by atoms with Crippen molar-refractivity contribution in [3.8, 4) is 0 Å². The minimum absolute atomic E-state index is 0.128. The number of nitrogens with one attached hydrogen (secondary N) is 1. The summed E-state index contributed by atoms with van der Waals surface area (Å²) >= 11 is 0. The zero-order valence-electron chi connectivity index (χ0n) is 11.8. The van der Waals surface area contributed by atoms with Crippen LogP contribution in [0.15, 0.2) is 30.3 Å². The molecular formula is C15H23NO3. The van der Waals surface area contributed by atoms with E-state index in [-0.39, 0.29) is 18.7 Å². The van der Waals surface area contributed by atoms with E-state index in [0.29, 0.717) is 6.61 Å². The molecule has 3 atom stereocenters. The predicted molar refractivity (Wildman–Crippen MR) is 73.8 cm³/mol. The highest BCUT2D eigenvalue weighted by Gasteiger charge is 2.31. The van der Waals surface area contributed by atoms with Crippen molar-refractivity contribution in [2.45, 2.75) is 44.7 Å². The van der Waals surface area contributed by atoms with Gasteiger partial charge in [-0.3, -0.25) is 0 Å². The maximum absolute atomic E-state index is 10.1. The SMILES string of the molecule is C[C@@H](N[C@H]1COC(C)(C)OC[C@@H]1O)c1ccccc1. The Morgan fingerprint density at radius 2 is 1.84 bits per heavy atom. The maximum atomic E-state index is 10.1. The molecule has 0 bridgehead atoms. The van der Waals surface area contributed by atoms with Crippen LogP contribution in [0.25, 0.3) is 0 Å². The quantitative estimate of drug-likeness (QED) is 0.875. The lowest BCUT2D eigenvalue weighted by atomic mass is 10.1. The molecule has 1 aromatic carbocycles. The molecule has 1 aliphatic rings. The molecule has 1 fully saturated rings. The third kappa shape index (κ3) is 4.01. The zero-order chi connectivity index (χ0) is 13.9. The summed E-state index contributed by atoms with van der Waals surface area (Å²) in [4.78, 5) is 0. The molecule has 2 rings (SSSR count). The van der Waals surface area contributed by atoms with E-state index in [0.717, 1.165) is 0 Å². The summed E-state index contributed by atoms with van der Waals surface area (Å²) in [6, 6.07) is 10.2. The van der Waals surface area contributed by atoms with Gasteiger partial charge in [0.25, 0.3) is 0 Å². The molecule has 0 aliphatic carbocycles. The molecule has 1 aromatic rings.